The number of hydrogen-bond donors (Lipinski definition) is 0. The van der Waals surface area contributed by atoms with E-state index >= 15 is 0 Å². The second kappa shape index (κ2) is 7.28. The summed E-state index contributed by atoms with van der Waals surface area (Å²) in [5, 5.41) is 14.6. The van der Waals surface area contributed by atoms with Crippen LogP contribution in [-0.2, 0) is 0 Å². The molecule has 0 aliphatic carbocycles. The molecule has 154 valence electrons. The van der Waals surface area contributed by atoms with Crippen molar-refractivity contribution in [2.75, 3.05) is 36.0 Å². The fourth-order valence-electron chi connectivity index (χ4n) is 4.08. The van der Waals surface area contributed by atoms with Crippen LogP contribution in [0.1, 0.15) is 4.88 Å². The van der Waals surface area contributed by atoms with Gasteiger partial charge in [-0.25, -0.2) is 9.97 Å². The fourth-order valence-corrected chi connectivity index (χ4v) is 4.92. The Labute approximate surface area is 182 Å². The molecule has 4 aromatic heterocycles. The summed E-state index contributed by atoms with van der Waals surface area (Å²) in [6, 6.07) is 16.2. The Balaban J connectivity index is 1.26. The van der Waals surface area contributed by atoms with Crippen LogP contribution < -0.4 is 9.80 Å². The molecule has 0 N–H and O–H groups in total. The van der Waals surface area contributed by atoms with Crippen molar-refractivity contribution in [2.45, 2.75) is 6.92 Å². The van der Waals surface area contributed by atoms with Crippen molar-refractivity contribution in [2.24, 2.45) is 0 Å². The van der Waals surface area contributed by atoms with Crippen LogP contribution in [0.2, 0.25) is 0 Å². The monoisotopic (exact) mass is 428 g/mol. The Morgan fingerprint density at radius 1 is 0.871 bits per heavy atom. The second-order valence-electron chi connectivity index (χ2n) is 7.60. The summed E-state index contributed by atoms with van der Waals surface area (Å²) in [6.45, 7) is 5.62. The minimum absolute atomic E-state index is 0.748. The molecule has 0 unspecified atom stereocenters. The zero-order valence-electron chi connectivity index (χ0n) is 17.0. The van der Waals surface area contributed by atoms with Gasteiger partial charge in [0.25, 0.3) is 0 Å². The number of fused-ring (bicyclic) bond motifs is 2. The van der Waals surface area contributed by atoms with Gasteiger partial charge in [-0.2, -0.15) is 4.52 Å². The molecule has 5 heterocycles. The number of nitrogens with zero attached hydrogens (tertiary/aromatic N) is 8. The topological polar surface area (TPSA) is 75.3 Å². The van der Waals surface area contributed by atoms with E-state index in [9.17, 15) is 0 Å². The Morgan fingerprint density at radius 3 is 2.52 bits per heavy atom. The minimum atomic E-state index is 0.748. The van der Waals surface area contributed by atoms with Crippen LogP contribution in [0.3, 0.4) is 0 Å². The molecule has 0 saturated carbocycles. The van der Waals surface area contributed by atoms with E-state index in [0.717, 1.165) is 65.1 Å². The first-order valence-corrected chi connectivity index (χ1v) is 11.1. The van der Waals surface area contributed by atoms with E-state index in [4.69, 9.17) is 5.10 Å². The average molecular weight is 429 g/mol. The summed E-state index contributed by atoms with van der Waals surface area (Å²) < 4.78 is 1.83. The van der Waals surface area contributed by atoms with Gasteiger partial charge in [-0.3, -0.25) is 0 Å². The van der Waals surface area contributed by atoms with Gasteiger partial charge < -0.3 is 9.80 Å². The van der Waals surface area contributed by atoms with Gasteiger partial charge in [-0.15, -0.1) is 26.6 Å². The van der Waals surface area contributed by atoms with E-state index in [2.05, 4.69) is 43.0 Å². The third kappa shape index (κ3) is 3.17. The third-order valence-electron chi connectivity index (χ3n) is 5.62. The number of aromatic nitrogens is 6. The van der Waals surface area contributed by atoms with Gasteiger partial charge in [0.2, 0.25) is 0 Å². The van der Waals surface area contributed by atoms with E-state index in [0.29, 0.717) is 0 Å². The molecule has 1 aliphatic rings. The average Bonchev–Trinajstić information content (AvgIpc) is 3.41. The van der Waals surface area contributed by atoms with Crippen LogP contribution in [0.4, 0.5) is 11.6 Å². The second-order valence-corrected chi connectivity index (χ2v) is 8.83. The van der Waals surface area contributed by atoms with E-state index in [1.54, 1.807) is 17.7 Å². The molecule has 0 atom stereocenters. The van der Waals surface area contributed by atoms with Gasteiger partial charge in [0, 0.05) is 36.6 Å². The van der Waals surface area contributed by atoms with Crippen molar-refractivity contribution in [3.63, 3.8) is 0 Å². The van der Waals surface area contributed by atoms with Gasteiger partial charge in [-0.1, -0.05) is 30.3 Å². The summed E-state index contributed by atoms with van der Waals surface area (Å²) in [7, 11) is 0. The quantitative estimate of drug-likeness (QED) is 0.436. The lowest BCUT2D eigenvalue weighted by atomic mass is 10.2. The van der Waals surface area contributed by atoms with E-state index < -0.39 is 0 Å². The summed E-state index contributed by atoms with van der Waals surface area (Å²) >= 11 is 1.72. The zero-order chi connectivity index (χ0) is 20.8. The lowest BCUT2D eigenvalue weighted by Crippen LogP contribution is -2.47. The normalized spacial score (nSPS) is 14.6. The van der Waals surface area contributed by atoms with Crippen LogP contribution in [0.15, 0.2) is 54.9 Å². The molecule has 0 spiro atoms. The van der Waals surface area contributed by atoms with Gasteiger partial charge in [0.1, 0.15) is 22.8 Å². The number of piperazine rings is 1. The molecule has 1 fully saturated rings. The van der Waals surface area contributed by atoms with Crippen molar-refractivity contribution in [1.82, 2.24) is 29.8 Å². The van der Waals surface area contributed by atoms with Gasteiger partial charge >= 0.3 is 0 Å². The molecule has 1 aliphatic heterocycles. The molecule has 0 bridgehead atoms. The van der Waals surface area contributed by atoms with Crippen LogP contribution in [-0.4, -0.2) is 56.0 Å². The molecular weight excluding hydrogens is 408 g/mol. The first-order valence-electron chi connectivity index (χ1n) is 10.3. The van der Waals surface area contributed by atoms with Crippen molar-refractivity contribution >= 4 is 38.8 Å². The SMILES string of the molecule is Cc1cc2c(N3CCN(c4ccc5nnc(-c6ccccc6)n5n4)CC3)ncnc2s1. The highest BCUT2D eigenvalue weighted by molar-refractivity contribution is 7.18. The Kier molecular flexibility index (Phi) is 4.27. The van der Waals surface area contributed by atoms with Crippen LogP contribution in [0.5, 0.6) is 0 Å². The number of hydrogen-bond acceptors (Lipinski definition) is 8. The molecule has 1 saturated heterocycles. The van der Waals surface area contributed by atoms with Crippen molar-refractivity contribution < 1.29 is 0 Å². The number of aryl methyl sites for hydroxylation is 1. The highest BCUT2D eigenvalue weighted by Crippen LogP contribution is 2.30. The van der Waals surface area contributed by atoms with Gasteiger partial charge in [-0.05, 0) is 25.1 Å². The number of rotatable bonds is 3. The maximum Gasteiger partial charge on any atom is 0.185 e. The lowest BCUT2D eigenvalue weighted by molar-refractivity contribution is 0.638. The van der Waals surface area contributed by atoms with Crippen molar-refractivity contribution in [3.8, 4) is 11.4 Å². The molecule has 5 aromatic rings. The summed E-state index contributed by atoms with van der Waals surface area (Å²) in [6.07, 6.45) is 1.67. The predicted molar refractivity (Wildman–Crippen MR) is 123 cm³/mol. The Hall–Kier alpha value is -3.59. The smallest absolute Gasteiger partial charge is 0.185 e. The molecule has 31 heavy (non-hydrogen) atoms. The minimum Gasteiger partial charge on any atom is -0.352 e. The van der Waals surface area contributed by atoms with E-state index in [-0.39, 0.29) is 0 Å². The molecule has 1 aromatic carbocycles. The molecule has 0 amide bonds. The molecule has 0 radical (unpaired) electrons. The molecule has 6 rings (SSSR count). The van der Waals surface area contributed by atoms with E-state index in [1.165, 1.54) is 4.88 Å². The summed E-state index contributed by atoms with van der Waals surface area (Å²) in [4.78, 5) is 16.0. The Morgan fingerprint density at radius 2 is 1.68 bits per heavy atom. The first-order chi connectivity index (χ1) is 15.3. The maximum absolute atomic E-state index is 4.86. The standard InChI is InChI=1S/C22H20N8S/c1-15-13-17-21(23-14-24-22(17)31-15)29-11-9-28(10-12-29)19-8-7-18-25-26-20(30(18)27-19)16-5-3-2-4-6-16/h2-8,13-14H,9-12H2,1H3. The van der Waals surface area contributed by atoms with Crippen LogP contribution in [0.25, 0.3) is 27.3 Å². The van der Waals surface area contributed by atoms with Gasteiger partial charge in [0.15, 0.2) is 11.5 Å². The maximum atomic E-state index is 4.86. The van der Waals surface area contributed by atoms with Crippen LogP contribution in [0, 0.1) is 6.92 Å². The number of thiophene rings is 1. The zero-order valence-corrected chi connectivity index (χ0v) is 17.8. The number of anilines is 2. The fraction of sp³-hybridized carbons (Fsp3) is 0.227. The first kappa shape index (κ1) is 18.2. The lowest BCUT2D eigenvalue weighted by Gasteiger charge is -2.36. The summed E-state index contributed by atoms with van der Waals surface area (Å²) in [5.41, 5.74) is 1.75. The largest absolute Gasteiger partial charge is 0.352 e. The van der Waals surface area contributed by atoms with Gasteiger partial charge in [0.05, 0.1) is 5.39 Å². The highest BCUT2D eigenvalue weighted by Gasteiger charge is 2.22. The predicted octanol–water partition coefficient (Wildman–Crippen LogP) is 3.43. The Bertz CT molecular complexity index is 1370. The number of benzene rings is 1. The highest BCUT2D eigenvalue weighted by atomic mass is 32.1. The van der Waals surface area contributed by atoms with Crippen molar-refractivity contribution in [3.05, 3.63) is 59.7 Å². The summed E-state index contributed by atoms with van der Waals surface area (Å²) in [5.74, 6) is 2.72. The molecule has 8 nitrogen and oxygen atoms in total. The van der Waals surface area contributed by atoms with Crippen LogP contribution >= 0.6 is 11.3 Å². The third-order valence-corrected chi connectivity index (χ3v) is 6.57. The molecule has 9 heteroatoms. The van der Waals surface area contributed by atoms with Crippen molar-refractivity contribution in [1.29, 1.82) is 0 Å². The molecular formula is C22H20N8S. The van der Waals surface area contributed by atoms with E-state index in [1.807, 2.05) is 47.0 Å².